The fourth-order valence-corrected chi connectivity index (χ4v) is 20.0. The third-order valence-electron chi connectivity index (χ3n) is 10.1. The summed E-state index contributed by atoms with van der Waals surface area (Å²) in [6.07, 6.45) is 12.9. The molecule has 1 aromatic carbocycles. The van der Waals surface area contributed by atoms with E-state index in [1.807, 2.05) is 82.3 Å². The van der Waals surface area contributed by atoms with Crippen LogP contribution < -0.4 is 0 Å². The predicted molar refractivity (Wildman–Crippen MR) is 214 cm³/mol. The first-order valence-electron chi connectivity index (χ1n) is 15.9. The number of benzene rings is 1. The van der Waals surface area contributed by atoms with E-state index in [2.05, 4.69) is 96.0 Å². The zero-order chi connectivity index (χ0) is 31.1. The second-order valence-electron chi connectivity index (χ2n) is 13.4. The van der Waals surface area contributed by atoms with Crippen molar-refractivity contribution >= 4 is 94.1 Å². The van der Waals surface area contributed by atoms with Gasteiger partial charge in [-0.05, 0) is 77.8 Å². The van der Waals surface area contributed by atoms with E-state index in [-0.39, 0.29) is 0 Å². The molecule has 8 rings (SSSR count). The molecule has 4 heterocycles. The summed E-state index contributed by atoms with van der Waals surface area (Å²) in [4.78, 5) is 4.43. The molecule has 0 amide bonds. The summed E-state index contributed by atoms with van der Waals surface area (Å²) >= 11 is 16.3. The molecule has 0 N–H and O–H groups in total. The second-order valence-corrected chi connectivity index (χ2v) is 23.4. The molecule has 0 saturated heterocycles. The van der Waals surface area contributed by atoms with E-state index in [0.29, 0.717) is 40.8 Å². The zero-order valence-electron chi connectivity index (χ0n) is 26.3. The lowest BCUT2D eigenvalue weighted by molar-refractivity contribution is 0.282. The fraction of sp³-hybridized carbons (Fsp3) is 0.405. The van der Waals surface area contributed by atoms with Gasteiger partial charge in [0.15, 0.2) is 0 Å². The molecule has 5 unspecified atom stereocenters. The van der Waals surface area contributed by atoms with Crippen molar-refractivity contribution in [3.8, 4) is 0 Å². The summed E-state index contributed by atoms with van der Waals surface area (Å²) in [5, 5.41) is 0.542. The minimum Gasteiger partial charge on any atom is -0.108 e. The zero-order valence-corrected chi connectivity index (χ0v) is 32.8. The first-order valence-corrected chi connectivity index (χ1v) is 22.5. The molecular formula is C37H38S8. The van der Waals surface area contributed by atoms with E-state index in [4.69, 9.17) is 0 Å². The molecule has 3 aliphatic carbocycles. The Morgan fingerprint density at radius 2 is 1.31 bits per heavy atom. The van der Waals surface area contributed by atoms with Crippen LogP contribution in [0.2, 0.25) is 0 Å². The topological polar surface area (TPSA) is 0 Å². The van der Waals surface area contributed by atoms with Gasteiger partial charge in [0.1, 0.15) is 0 Å². The molecule has 7 aliphatic rings. The van der Waals surface area contributed by atoms with Gasteiger partial charge < -0.3 is 0 Å². The summed E-state index contributed by atoms with van der Waals surface area (Å²) in [6.45, 7) is 20.4. The molecule has 234 valence electrons. The monoisotopic (exact) mass is 738 g/mol. The Hall–Kier alpha value is -0.0600. The van der Waals surface area contributed by atoms with E-state index >= 15 is 0 Å². The summed E-state index contributed by atoms with van der Waals surface area (Å²) in [5.41, 5.74) is 7.73. The standard InChI is InChI=1S/C37H38S8/c1-8-20-10-22(17(3)4)11-23-13-28-30(15-26(20)23)40-33-32(38-28)42-36(43-33)37-44-34-35(45-37)41-31-16-27-21(9-2)12-24(18(5)6)19(7)25(27)14-29(31)39-34/h8-9,11,13-14,16-21,24,30H,1-2,10,12,15H2,3-7H3/b37-36+. The highest BCUT2D eigenvalue weighted by Crippen LogP contribution is 2.71. The first kappa shape index (κ1) is 32.2. The van der Waals surface area contributed by atoms with Crippen LogP contribution >= 0.6 is 94.1 Å². The maximum atomic E-state index is 4.25. The molecule has 0 spiro atoms. The highest BCUT2D eigenvalue weighted by Gasteiger charge is 2.41. The Kier molecular flexibility index (Phi) is 9.06. The molecule has 0 bridgehead atoms. The lowest BCUT2D eigenvalue weighted by atomic mass is 9.67. The van der Waals surface area contributed by atoms with Crippen LogP contribution in [0, 0.1) is 23.7 Å². The van der Waals surface area contributed by atoms with Crippen molar-refractivity contribution in [2.24, 2.45) is 23.7 Å². The lowest BCUT2D eigenvalue weighted by Crippen LogP contribution is -2.25. The Morgan fingerprint density at radius 3 is 1.93 bits per heavy atom. The Labute approximate surface area is 303 Å². The van der Waals surface area contributed by atoms with Gasteiger partial charge in [-0.15, -0.1) is 24.9 Å². The molecular weight excluding hydrogens is 701 g/mol. The van der Waals surface area contributed by atoms with Crippen molar-refractivity contribution in [1.29, 1.82) is 0 Å². The molecule has 0 saturated carbocycles. The SMILES string of the molecule is C=CC1CC(C(C)C)=CC2=C1CC1SC3=C(SC1=C2)S/C(=C1\SC2=C(S1)Sc1cc4c(cc1S2)C(C=C)CC(C(C)C)C4C)S3. The maximum absolute atomic E-state index is 4.25. The molecule has 0 nitrogen and oxygen atoms in total. The molecule has 45 heavy (non-hydrogen) atoms. The van der Waals surface area contributed by atoms with E-state index < -0.39 is 0 Å². The molecule has 1 aromatic rings. The van der Waals surface area contributed by atoms with Gasteiger partial charge in [-0.3, -0.25) is 0 Å². The van der Waals surface area contributed by atoms with Gasteiger partial charge in [-0.1, -0.05) is 146 Å². The Bertz CT molecular complexity index is 1710. The van der Waals surface area contributed by atoms with Gasteiger partial charge >= 0.3 is 0 Å². The summed E-state index contributed by atoms with van der Waals surface area (Å²) < 4.78 is 8.93. The van der Waals surface area contributed by atoms with Crippen LogP contribution in [-0.4, -0.2) is 5.25 Å². The van der Waals surface area contributed by atoms with Crippen LogP contribution in [0.25, 0.3) is 0 Å². The third-order valence-corrected chi connectivity index (χ3v) is 22.1. The van der Waals surface area contributed by atoms with Crippen molar-refractivity contribution in [3.63, 3.8) is 0 Å². The van der Waals surface area contributed by atoms with E-state index in [9.17, 15) is 0 Å². The predicted octanol–water partition coefficient (Wildman–Crippen LogP) is 14.5. The second kappa shape index (κ2) is 12.7. The number of hydrogen-bond acceptors (Lipinski definition) is 8. The first-order chi connectivity index (χ1) is 21.7. The largest absolute Gasteiger partial charge is 0.108 e. The van der Waals surface area contributed by atoms with Gasteiger partial charge in [-0.2, -0.15) is 0 Å². The lowest BCUT2D eigenvalue weighted by Gasteiger charge is -2.38. The van der Waals surface area contributed by atoms with E-state index in [0.717, 1.165) is 12.8 Å². The number of thioether (sulfide) groups is 8. The smallest absolute Gasteiger partial charge is 0.0718 e. The van der Waals surface area contributed by atoms with Crippen LogP contribution in [0.3, 0.4) is 0 Å². The maximum Gasteiger partial charge on any atom is 0.0718 e. The van der Waals surface area contributed by atoms with Crippen molar-refractivity contribution in [2.75, 3.05) is 0 Å². The number of hydrogen-bond donors (Lipinski definition) is 0. The Morgan fingerprint density at radius 1 is 0.711 bits per heavy atom. The average molecular weight is 739 g/mol. The molecule has 0 fully saturated rings. The number of fused-ring (bicyclic) bond motifs is 3. The van der Waals surface area contributed by atoms with Gasteiger partial charge in [0.05, 0.1) is 25.4 Å². The Balaban J connectivity index is 0.997. The van der Waals surface area contributed by atoms with Gasteiger partial charge in [0, 0.05) is 31.8 Å². The van der Waals surface area contributed by atoms with Gasteiger partial charge in [0.25, 0.3) is 0 Å². The number of rotatable bonds is 4. The van der Waals surface area contributed by atoms with Crippen LogP contribution in [-0.2, 0) is 0 Å². The van der Waals surface area contributed by atoms with Crippen LogP contribution in [0.5, 0.6) is 0 Å². The minimum atomic E-state index is 0.465. The number of allylic oxidation sites excluding steroid dienone is 7. The molecule has 0 radical (unpaired) electrons. The van der Waals surface area contributed by atoms with Crippen molar-refractivity contribution in [1.82, 2.24) is 0 Å². The third kappa shape index (κ3) is 5.75. The average Bonchev–Trinajstić information content (AvgIpc) is 3.63. The van der Waals surface area contributed by atoms with Crippen LogP contribution in [0.15, 0.2) is 106 Å². The normalized spacial score (nSPS) is 32.1. The van der Waals surface area contributed by atoms with Crippen molar-refractivity contribution < 1.29 is 0 Å². The highest BCUT2D eigenvalue weighted by molar-refractivity contribution is 8.46. The van der Waals surface area contributed by atoms with Crippen LogP contribution in [0.4, 0.5) is 0 Å². The highest BCUT2D eigenvalue weighted by atomic mass is 32.3. The molecule has 5 atom stereocenters. The summed E-state index contributed by atoms with van der Waals surface area (Å²) in [5.74, 6) is 3.55. The van der Waals surface area contributed by atoms with Gasteiger partial charge in [0.2, 0.25) is 0 Å². The molecule has 4 aliphatic heterocycles. The quantitative estimate of drug-likeness (QED) is 0.277. The fourth-order valence-electron chi connectivity index (χ4n) is 7.52. The minimum absolute atomic E-state index is 0.465. The molecule has 0 aromatic heterocycles. The van der Waals surface area contributed by atoms with Crippen molar-refractivity contribution in [3.05, 3.63) is 108 Å². The van der Waals surface area contributed by atoms with Crippen molar-refractivity contribution in [2.45, 2.75) is 80.8 Å². The molecule has 8 heteroatoms. The summed E-state index contributed by atoms with van der Waals surface area (Å²) in [6, 6.07) is 5.07. The van der Waals surface area contributed by atoms with E-state index in [1.54, 1.807) is 21.6 Å². The van der Waals surface area contributed by atoms with Crippen LogP contribution in [0.1, 0.15) is 76.8 Å². The van der Waals surface area contributed by atoms with E-state index in [1.165, 1.54) is 52.8 Å². The van der Waals surface area contributed by atoms with Gasteiger partial charge in [-0.25, -0.2) is 0 Å². The summed E-state index contributed by atoms with van der Waals surface area (Å²) in [7, 11) is 0.